The van der Waals surface area contributed by atoms with Gasteiger partial charge in [0, 0.05) is 16.6 Å². The third kappa shape index (κ3) is 5.29. The number of halogens is 2. The number of hydrogen-bond donors (Lipinski definition) is 1. The van der Waals surface area contributed by atoms with Crippen LogP contribution in [-0.4, -0.2) is 15.0 Å². The second-order valence-corrected chi connectivity index (χ2v) is 7.56. The van der Waals surface area contributed by atoms with E-state index in [4.69, 9.17) is 23.2 Å². The van der Waals surface area contributed by atoms with Gasteiger partial charge in [-0.15, -0.1) is 0 Å². The number of aryl methyl sites for hydroxylation is 1. The van der Waals surface area contributed by atoms with Gasteiger partial charge in [-0.05, 0) is 36.1 Å². The molecule has 0 fully saturated rings. The van der Waals surface area contributed by atoms with Crippen LogP contribution in [0.2, 0.25) is 10.0 Å². The second-order valence-electron chi connectivity index (χ2n) is 4.94. The van der Waals surface area contributed by atoms with E-state index in [2.05, 4.69) is 4.72 Å². The summed E-state index contributed by atoms with van der Waals surface area (Å²) in [5, 5.41) is 1.17. The van der Waals surface area contributed by atoms with Crippen LogP contribution in [-0.2, 0) is 22.2 Å². The van der Waals surface area contributed by atoms with E-state index in [1.165, 1.54) is 0 Å². The molecule has 22 heavy (non-hydrogen) atoms. The minimum atomic E-state index is -3.39. The van der Waals surface area contributed by atoms with Crippen molar-refractivity contribution in [2.75, 3.05) is 6.54 Å². The molecule has 0 amide bonds. The highest BCUT2D eigenvalue weighted by molar-refractivity contribution is 7.88. The van der Waals surface area contributed by atoms with Crippen LogP contribution >= 0.6 is 23.2 Å². The summed E-state index contributed by atoms with van der Waals surface area (Å²) in [6.07, 6.45) is 1.42. The second kappa shape index (κ2) is 7.97. The molecule has 0 aliphatic rings. The monoisotopic (exact) mass is 357 g/mol. The molecule has 6 heteroatoms. The maximum absolute atomic E-state index is 12.0. The van der Waals surface area contributed by atoms with Gasteiger partial charge in [0.2, 0.25) is 10.0 Å². The molecule has 2 aromatic carbocycles. The lowest BCUT2D eigenvalue weighted by molar-refractivity contribution is 0.578. The number of rotatable bonds is 7. The standard InChI is InChI=1S/C16H17Cl2NO2S/c17-15-9-3-1-6-13(15)8-5-11-19-22(20,21)12-14-7-2-4-10-16(14)18/h1-4,6-7,9-10,19H,5,8,11-12H2. The van der Waals surface area contributed by atoms with E-state index in [1.807, 2.05) is 24.3 Å². The Bertz CT molecular complexity index is 732. The first kappa shape index (κ1) is 17.3. The Hall–Kier alpha value is -1.07. The predicted molar refractivity (Wildman–Crippen MR) is 91.9 cm³/mol. The Morgan fingerprint density at radius 1 is 0.864 bits per heavy atom. The Kier molecular flexibility index (Phi) is 6.26. The molecule has 0 saturated carbocycles. The molecule has 0 aliphatic carbocycles. The predicted octanol–water partition coefficient (Wildman–Crippen LogP) is 4.05. The van der Waals surface area contributed by atoms with Gasteiger partial charge in [-0.25, -0.2) is 13.1 Å². The zero-order chi connectivity index (χ0) is 16.0. The van der Waals surface area contributed by atoms with Gasteiger partial charge in [-0.2, -0.15) is 0 Å². The Morgan fingerprint density at radius 3 is 2.00 bits per heavy atom. The zero-order valence-corrected chi connectivity index (χ0v) is 14.3. The summed E-state index contributed by atoms with van der Waals surface area (Å²) in [7, 11) is -3.39. The fraction of sp³-hybridized carbons (Fsp3) is 0.250. The first-order valence-corrected chi connectivity index (χ1v) is 9.33. The summed E-state index contributed by atoms with van der Waals surface area (Å²) in [6, 6.07) is 14.5. The van der Waals surface area contributed by atoms with Crippen molar-refractivity contribution in [1.82, 2.24) is 4.72 Å². The third-order valence-electron chi connectivity index (χ3n) is 3.21. The van der Waals surface area contributed by atoms with Gasteiger partial charge in [0.05, 0.1) is 5.75 Å². The van der Waals surface area contributed by atoms with E-state index >= 15 is 0 Å². The van der Waals surface area contributed by atoms with Crippen LogP contribution in [0, 0.1) is 0 Å². The molecule has 118 valence electrons. The van der Waals surface area contributed by atoms with Crippen molar-refractivity contribution in [3.05, 3.63) is 69.7 Å². The topological polar surface area (TPSA) is 46.2 Å². The van der Waals surface area contributed by atoms with Gasteiger partial charge in [0.25, 0.3) is 0 Å². The summed E-state index contributed by atoms with van der Waals surface area (Å²) >= 11 is 12.0. The molecule has 0 bridgehead atoms. The Labute approximate surface area is 141 Å². The fourth-order valence-corrected chi connectivity index (χ4v) is 3.81. The highest BCUT2D eigenvalue weighted by Gasteiger charge is 2.13. The molecule has 0 atom stereocenters. The summed E-state index contributed by atoms with van der Waals surface area (Å²) in [4.78, 5) is 0. The molecular formula is C16H17Cl2NO2S. The number of sulfonamides is 1. The molecular weight excluding hydrogens is 341 g/mol. The van der Waals surface area contributed by atoms with Crippen molar-refractivity contribution in [2.24, 2.45) is 0 Å². The molecule has 0 saturated heterocycles. The molecule has 0 aliphatic heterocycles. The number of nitrogens with one attached hydrogen (secondary N) is 1. The van der Waals surface area contributed by atoms with Crippen LogP contribution < -0.4 is 4.72 Å². The molecule has 0 aromatic heterocycles. The molecule has 0 unspecified atom stereocenters. The largest absolute Gasteiger partial charge is 0.215 e. The molecule has 0 spiro atoms. The number of benzene rings is 2. The van der Waals surface area contributed by atoms with Crippen molar-refractivity contribution >= 4 is 33.2 Å². The van der Waals surface area contributed by atoms with Gasteiger partial charge >= 0.3 is 0 Å². The van der Waals surface area contributed by atoms with Gasteiger partial charge in [0.1, 0.15) is 0 Å². The van der Waals surface area contributed by atoms with Crippen LogP contribution in [0.15, 0.2) is 48.5 Å². The fourth-order valence-electron chi connectivity index (χ4n) is 2.08. The summed E-state index contributed by atoms with van der Waals surface area (Å²) < 4.78 is 26.7. The van der Waals surface area contributed by atoms with Gasteiger partial charge in [-0.1, -0.05) is 59.6 Å². The quantitative estimate of drug-likeness (QED) is 0.759. The SMILES string of the molecule is O=S(=O)(Cc1ccccc1Cl)NCCCc1ccccc1Cl. The van der Waals surface area contributed by atoms with E-state index in [9.17, 15) is 8.42 Å². The Balaban J connectivity index is 1.83. The smallest absolute Gasteiger partial charge is 0.215 e. The highest BCUT2D eigenvalue weighted by atomic mass is 35.5. The van der Waals surface area contributed by atoms with Crippen LogP contribution in [0.5, 0.6) is 0 Å². The minimum Gasteiger partial charge on any atom is -0.215 e. The molecule has 3 nitrogen and oxygen atoms in total. The first-order valence-electron chi connectivity index (χ1n) is 6.92. The molecule has 1 N–H and O–H groups in total. The van der Waals surface area contributed by atoms with Gasteiger partial charge in [0.15, 0.2) is 0 Å². The lowest BCUT2D eigenvalue weighted by Crippen LogP contribution is -2.26. The highest BCUT2D eigenvalue weighted by Crippen LogP contribution is 2.18. The normalized spacial score (nSPS) is 11.5. The Morgan fingerprint density at radius 2 is 1.41 bits per heavy atom. The van der Waals surface area contributed by atoms with Crippen molar-refractivity contribution in [2.45, 2.75) is 18.6 Å². The molecule has 0 heterocycles. The zero-order valence-electron chi connectivity index (χ0n) is 11.9. The van der Waals surface area contributed by atoms with E-state index in [0.29, 0.717) is 28.6 Å². The maximum Gasteiger partial charge on any atom is 0.215 e. The molecule has 2 aromatic rings. The molecule has 2 rings (SSSR count). The van der Waals surface area contributed by atoms with Crippen molar-refractivity contribution in [3.63, 3.8) is 0 Å². The maximum atomic E-state index is 12.0. The van der Waals surface area contributed by atoms with Crippen molar-refractivity contribution in [1.29, 1.82) is 0 Å². The summed E-state index contributed by atoms with van der Waals surface area (Å²) in [6.45, 7) is 0.373. The van der Waals surface area contributed by atoms with Crippen LogP contribution in [0.3, 0.4) is 0 Å². The van der Waals surface area contributed by atoms with E-state index in [0.717, 1.165) is 12.0 Å². The van der Waals surface area contributed by atoms with Gasteiger partial charge < -0.3 is 0 Å². The average Bonchev–Trinajstić information content (AvgIpc) is 2.47. The van der Waals surface area contributed by atoms with E-state index in [-0.39, 0.29) is 5.75 Å². The molecule has 0 radical (unpaired) electrons. The summed E-state index contributed by atoms with van der Waals surface area (Å²) in [5.41, 5.74) is 1.62. The van der Waals surface area contributed by atoms with Gasteiger partial charge in [-0.3, -0.25) is 0 Å². The first-order chi connectivity index (χ1) is 10.5. The minimum absolute atomic E-state index is 0.112. The van der Waals surface area contributed by atoms with Crippen molar-refractivity contribution < 1.29 is 8.42 Å². The van der Waals surface area contributed by atoms with E-state index in [1.54, 1.807) is 24.3 Å². The average molecular weight is 358 g/mol. The lowest BCUT2D eigenvalue weighted by Gasteiger charge is -2.08. The van der Waals surface area contributed by atoms with Crippen LogP contribution in [0.25, 0.3) is 0 Å². The van der Waals surface area contributed by atoms with Crippen molar-refractivity contribution in [3.8, 4) is 0 Å². The lowest BCUT2D eigenvalue weighted by atomic mass is 10.1. The van der Waals surface area contributed by atoms with Crippen LogP contribution in [0.1, 0.15) is 17.5 Å². The van der Waals surface area contributed by atoms with Crippen LogP contribution in [0.4, 0.5) is 0 Å². The summed E-state index contributed by atoms with van der Waals surface area (Å²) in [5.74, 6) is -0.112. The number of hydrogen-bond acceptors (Lipinski definition) is 2. The third-order valence-corrected chi connectivity index (χ3v) is 5.28. The van der Waals surface area contributed by atoms with E-state index < -0.39 is 10.0 Å².